The number of carbonyl (C=O) groups excluding carboxylic acids is 1. The first-order chi connectivity index (χ1) is 13.3. The molecule has 2 unspecified atom stereocenters. The number of halogens is 3. The van der Waals surface area contributed by atoms with Crippen molar-refractivity contribution in [3.63, 3.8) is 0 Å². The highest BCUT2D eigenvalue weighted by molar-refractivity contribution is 6.67. The van der Waals surface area contributed by atoms with Crippen molar-refractivity contribution in [2.24, 2.45) is 5.92 Å². The Labute approximate surface area is 180 Å². The van der Waals surface area contributed by atoms with E-state index in [4.69, 9.17) is 44.3 Å². The van der Waals surface area contributed by atoms with Gasteiger partial charge in [-0.25, -0.2) is 4.79 Å². The third-order valence-corrected chi connectivity index (χ3v) is 5.49. The number of amides is 1. The van der Waals surface area contributed by atoms with E-state index in [1.165, 1.54) is 11.1 Å². The summed E-state index contributed by atoms with van der Waals surface area (Å²) in [5, 5.41) is 2.72. The largest absolute Gasteiger partial charge is 0.492 e. The van der Waals surface area contributed by atoms with Gasteiger partial charge in [0.25, 0.3) is 0 Å². The van der Waals surface area contributed by atoms with Crippen molar-refractivity contribution >= 4 is 40.9 Å². The number of carbonyl (C=O) groups is 1. The first-order valence-corrected chi connectivity index (χ1v) is 10.2. The zero-order valence-electron chi connectivity index (χ0n) is 15.5. The van der Waals surface area contributed by atoms with E-state index in [9.17, 15) is 4.79 Å². The summed E-state index contributed by atoms with van der Waals surface area (Å²) >= 11 is 16.8. The maximum Gasteiger partial charge on any atom is 0.407 e. The zero-order chi connectivity index (χ0) is 20.2. The Kier molecular flexibility index (Phi) is 6.64. The summed E-state index contributed by atoms with van der Waals surface area (Å²) in [5.74, 6) is 1.11. The van der Waals surface area contributed by atoms with Gasteiger partial charge in [0, 0.05) is 12.1 Å². The van der Waals surface area contributed by atoms with Gasteiger partial charge in [-0.1, -0.05) is 90.3 Å². The summed E-state index contributed by atoms with van der Waals surface area (Å²) in [6, 6.07) is 18.5. The molecule has 0 aliphatic carbocycles. The Balaban J connectivity index is 1.72. The summed E-state index contributed by atoms with van der Waals surface area (Å²) in [6.07, 6.45) is 0.130. The molecule has 0 bridgehead atoms. The fourth-order valence-electron chi connectivity index (χ4n) is 3.73. The number of nitrogens with one attached hydrogen (secondary N) is 1. The monoisotopic (exact) mass is 441 g/mol. The van der Waals surface area contributed by atoms with Gasteiger partial charge in [0.1, 0.15) is 19.0 Å². The molecule has 0 radical (unpaired) electrons. The Morgan fingerprint density at radius 3 is 2.57 bits per heavy atom. The van der Waals surface area contributed by atoms with Gasteiger partial charge in [-0.05, 0) is 24.0 Å². The first kappa shape index (κ1) is 21.1. The quantitative estimate of drug-likeness (QED) is 0.602. The van der Waals surface area contributed by atoms with Crippen LogP contribution >= 0.6 is 34.8 Å². The lowest BCUT2D eigenvalue weighted by atomic mass is 9.66. The standard InChI is InChI=1S/C21H22Cl3NO3/c1-15(11-12-25-19(26)28-14-21(22,23)24)20(16-7-3-2-4-8-16)13-27-18-10-6-5-9-17(18)20/h2-10,15H,11-14H2,1H3,(H,25,26). The molecule has 0 saturated carbocycles. The molecule has 0 spiro atoms. The summed E-state index contributed by atoms with van der Waals surface area (Å²) in [6.45, 7) is 2.88. The second-order valence-electron chi connectivity index (χ2n) is 6.93. The van der Waals surface area contributed by atoms with Crippen LogP contribution in [-0.4, -0.2) is 29.6 Å². The molecule has 3 rings (SSSR count). The second kappa shape index (κ2) is 8.81. The topological polar surface area (TPSA) is 47.6 Å². The molecule has 4 nitrogen and oxygen atoms in total. The normalized spacial score (nSPS) is 19.4. The number of hydrogen-bond donors (Lipinski definition) is 1. The number of para-hydroxylation sites is 1. The molecule has 0 saturated heterocycles. The Morgan fingerprint density at radius 2 is 1.86 bits per heavy atom. The van der Waals surface area contributed by atoms with Gasteiger partial charge in [0.05, 0.1) is 5.41 Å². The minimum atomic E-state index is -1.62. The van der Waals surface area contributed by atoms with E-state index in [1.54, 1.807) is 0 Å². The number of alkyl carbamates (subject to hydrolysis) is 1. The molecule has 2 aromatic carbocycles. The molecule has 0 fully saturated rings. The average molecular weight is 443 g/mol. The van der Waals surface area contributed by atoms with Crippen LogP contribution in [0.4, 0.5) is 4.79 Å². The van der Waals surface area contributed by atoms with Gasteiger partial charge in [-0.15, -0.1) is 0 Å². The van der Waals surface area contributed by atoms with Gasteiger partial charge in [0.15, 0.2) is 0 Å². The number of alkyl halides is 3. The molecule has 2 aromatic rings. The summed E-state index contributed by atoms with van der Waals surface area (Å²) in [7, 11) is 0. The Bertz CT molecular complexity index is 810. The van der Waals surface area contributed by atoms with Crippen molar-refractivity contribution < 1.29 is 14.3 Å². The average Bonchev–Trinajstić information content (AvgIpc) is 3.07. The summed E-state index contributed by atoms with van der Waals surface area (Å²) < 4.78 is 9.33. The second-order valence-corrected chi connectivity index (χ2v) is 9.45. The highest BCUT2D eigenvalue weighted by Crippen LogP contribution is 2.49. The van der Waals surface area contributed by atoms with E-state index in [-0.39, 0.29) is 17.9 Å². The lowest BCUT2D eigenvalue weighted by Gasteiger charge is -2.35. The van der Waals surface area contributed by atoms with E-state index >= 15 is 0 Å². The molecule has 1 aliphatic heterocycles. The Morgan fingerprint density at radius 1 is 1.18 bits per heavy atom. The van der Waals surface area contributed by atoms with E-state index in [0.29, 0.717) is 13.2 Å². The number of ether oxygens (including phenoxy) is 2. The predicted molar refractivity (Wildman–Crippen MR) is 113 cm³/mol. The van der Waals surface area contributed by atoms with Crippen LogP contribution in [0.15, 0.2) is 54.6 Å². The van der Waals surface area contributed by atoms with Crippen LogP contribution < -0.4 is 10.1 Å². The first-order valence-electron chi connectivity index (χ1n) is 9.08. The van der Waals surface area contributed by atoms with Crippen molar-refractivity contribution in [1.29, 1.82) is 0 Å². The van der Waals surface area contributed by atoms with Crippen LogP contribution in [0.3, 0.4) is 0 Å². The fourth-order valence-corrected chi connectivity index (χ4v) is 3.90. The molecular formula is C21H22Cl3NO3. The van der Waals surface area contributed by atoms with Crippen LogP contribution in [0.5, 0.6) is 5.75 Å². The van der Waals surface area contributed by atoms with Crippen LogP contribution in [0.1, 0.15) is 24.5 Å². The van der Waals surface area contributed by atoms with Crippen molar-refractivity contribution in [3.05, 3.63) is 65.7 Å². The van der Waals surface area contributed by atoms with Crippen molar-refractivity contribution in [2.45, 2.75) is 22.6 Å². The summed E-state index contributed by atoms with van der Waals surface area (Å²) in [4.78, 5) is 11.8. The van der Waals surface area contributed by atoms with Crippen LogP contribution in [0.2, 0.25) is 0 Å². The van der Waals surface area contributed by atoms with E-state index in [1.807, 2.05) is 36.4 Å². The van der Waals surface area contributed by atoms with E-state index in [2.05, 4.69) is 30.4 Å². The van der Waals surface area contributed by atoms with Crippen molar-refractivity contribution in [3.8, 4) is 5.75 Å². The van der Waals surface area contributed by atoms with Gasteiger partial charge >= 0.3 is 6.09 Å². The SMILES string of the molecule is CC(CCNC(=O)OCC(Cl)(Cl)Cl)C1(c2ccccc2)COc2ccccc21. The molecule has 1 amide bonds. The minimum absolute atomic E-state index is 0.201. The molecule has 2 atom stereocenters. The number of fused-ring (bicyclic) bond motifs is 1. The van der Waals surface area contributed by atoms with E-state index in [0.717, 1.165) is 12.2 Å². The van der Waals surface area contributed by atoms with E-state index < -0.39 is 9.89 Å². The fraction of sp³-hybridized carbons (Fsp3) is 0.381. The smallest absolute Gasteiger partial charge is 0.407 e. The predicted octanol–water partition coefficient (Wildman–Crippen LogP) is 5.49. The van der Waals surface area contributed by atoms with Crippen LogP contribution in [-0.2, 0) is 10.2 Å². The molecule has 28 heavy (non-hydrogen) atoms. The highest BCUT2D eigenvalue weighted by atomic mass is 35.6. The lowest BCUT2D eigenvalue weighted by Crippen LogP contribution is -2.39. The van der Waals surface area contributed by atoms with Gasteiger partial charge in [0.2, 0.25) is 3.79 Å². The van der Waals surface area contributed by atoms with Gasteiger partial charge in [-0.3, -0.25) is 0 Å². The number of hydrogen-bond acceptors (Lipinski definition) is 3. The zero-order valence-corrected chi connectivity index (χ0v) is 17.7. The lowest BCUT2D eigenvalue weighted by molar-refractivity contribution is 0.146. The number of rotatable bonds is 6. The maximum atomic E-state index is 11.8. The maximum absolute atomic E-state index is 11.8. The summed E-state index contributed by atoms with van der Waals surface area (Å²) in [5.41, 5.74) is 2.10. The molecule has 0 aromatic heterocycles. The minimum Gasteiger partial charge on any atom is -0.492 e. The van der Waals surface area contributed by atoms with Crippen molar-refractivity contribution in [1.82, 2.24) is 5.32 Å². The molecule has 1 aliphatic rings. The van der Waals surface area contributed by atoms with Crippen LogP contribution in [0.25, 0.3) is 0 Å². The third-order valence-electron chi connectivity index (χ3n) is 5.17. The highest BCUT2D eigenvalue weighted by Gasteiger charge is 2.46. The Hall–Kier alpha value is -1.62. The molecule has 7 heteroatoms. The molecule has 1 heterocycles. The molecule has 1 N–H and O–H groups in total. The number of benzene rings is 2. The van der Waals surface area contributed by atoms with Crippen molar-refractivity contribution in [2.75, 3.05) is 19.8 Å². The van der Waals surface area contributed by atoms with Gasteiger partial charge < -0.3 is 14.8 Å². The molecular weight excluding hydrogens is 421 g/mol. The van der Waals surface area contributed by atoms with Crippen LogP contribution in [0, 0.1) is 5.92 Å². The molecule has 150 valence electrons. The third kappa shape index (κ3) is 4.68. The van der Waals surface area contributed by atoms with Gasteiger partial charge in [-0.2, -0.15) is 0 Å².